The summed E-state index contributed by atoms with van der Waals surface area (Å²) in [4.78, 5) is 9.87. The molecule has 0 fully saturated rings. The van der Waals surface area contributed by atoms with Gasteiger partial charge in [0.15, 0.2) is 0 Å². The number of rotatable bonds is 2. The lowest BCUT2D eigenvalue weighted by Crippen LogP contribution is -1.90. The van der Waals surface area contributed by atoms with Crippen LogP contribution in [0.2, 0.25) is 0 Å². The highest BCUT2D eigenvalue weighted by atomic mass is 32.2. The molecule has 2 nitrogen and oxygen atoms in total. The van der Waals surface area contributed by atoms with Crippen LogP contribution >= 0.6 is 23.1 Å². The molecule has 4 aromatic rings. The van der Waals surface area contributed by atoms with Crippen LogP contribution in [0, 0.1) is 0 Å². The highest BCUT2D eigenvalue weighted by Gasteiger charge is 2.25. The number of benzene rings is 3. The fourth-order valence-corrected chi connectivity index (χ4v) is 5.85. The molecule has 0 saturated heterocycles. The highest BCUT2D eigenvalue weighted by molar-refractivity contribution is 8.02. The Balaban J connectivity index is 1.43. The lowest BCUT2D eigenvalue weighted by Gasteiger charge is -2.09. The van der Waals surface area contributed by atoms with Crippen LogP contribution in [0.15, 0.2) is 95.3 Å². The smallest absolute Gasteiger partial charge is 0.124 e. The SMILES string of the molecule is C1=CC(c2ccccc2)SC=C2C1=Nc1c2ccc2nc(-c3ccccc3)sc12. The van der Waals surface area contributed by atoms with Gasteiger partial charge in [-0.15, -0.1) is 23.1 Å². The van der Waals surface area contributed by atoms with E-state index in [9.17, 15) is 0 Å². The molecule has 4 heteroatoms. The molecule has 0 aliphatic carbocycles. The van der Waals surface area contributed by atoms with Gasteiger partial charge in [-0.05, 0) is 29.2 Å². The van der Waals surface area contributed by atoms with Crippen LogP contribution < -0.4 is 0 Å². The predicted octanol–water partition coefficient (Wildman–Crippen LogP) is 7.43. The summed E-state index contributed by atoms with van der Waals surface area (Å²) < 4.78 is 1.17. The average Bonchev–Trinajstić information content (AvgIpc) is 3.30. The molecule has 138 valence electrons. The van der Waals surface area contributed by atoms with Crippen molar-refractivity contribution in [2.45, 2.75) is 5.25 Å². The van der Waals surface area contributed by atoms with Crippen molar-refractivity contribution in [3.8, 4) is 10.6 Å². The lowest BCUT2D eigenvalue weighted by molar-refractivity contribution is 1.24. The lowest BCUT2D eigenvalue weighted by atomic mass is 10.0. The Labute approximate surface area is 177 Å². The van der Waals surface area contributed by atoms with E-state index in [4.69, 9.17) is 9.98 Å². The Hall–Kier alpha value is -2.95. The number of allylic oxidation sites excluding steroid dienone is 2. The van der Waals surface area contributed by atoms with Crippen molar-refractivity contribution < 1.29 is 0 Å². The van der Waals surface area contributed by atoms with E-state index in [2.05, 4.69) is 84.3 Å². The number of hydrogen-bond donors (Lipinski definition) is 0. The van der Waals surface area contributed by atoms with Crippen LogP contribution in [0.1, 0.15) is 16.4 Å². The van der Waals surface area contributed by atoms with Gasteiger partial charge in [0.05, 0.1) is 26.9 Å². The van der Waals surface area contributed by atoms with Gasteiger partial charge in [0.25, 0.3) is 0 Å². The summed E-state index contributed by atoms with van der Waals surface area (Å²) in [6, 6.07) is 25.3. The number of thioether (sulfide) groups is 1. The van der Waals surface area contributed by atoms with Gasteiger partial charge in [0, 0.05) is 16.7 Å². The number of hydrogen-bond acceptors (Lipinski definition) is 4. The zero-order valence-electron chi connectivity index (χ0n) is 15.4. The van der Waals surface area contributed by atoms with E-state index >= 15 is 0 Å². The van der Waals surface area contributed by atoms with E-state index in [-0.39, 0.29) is 0 Å². The fourth-order valence-electron chi connectivity index (χ4n) is 3.78. The van der Waals surface area contributed by atoms with Crippen molar-refractivity contribution in [1.29, 1.82) is 0 Å². The molecular weight excluding hydrogens is 392 g/mol. The summed E-state index contributed by atoms with van der Waals surface area (Å²) in [5, 5.41) is 3.63. The minimum atomic E-state index is 0.317. The van der Waals surface area contributed by atoms with Crippen molar-refractivity contribution in [2.75, 3.05) is 0 Å². The first kappa shape index (κ1) is 17.0. The molecule has 29 heavy (non-hydrogen) atoms. The molecule has 2 aliphatic heterocycles. The molecule has 0 N–H and O–H groups in total. The molecule has 2 aliphatic rings. The Kier molecular flexibility index (Phi) is 3.99. The van der Waals surface area contributed by atoms with Crippen LogP contribution in [0.25, 0.3) is 26.4 Å². The normalized spacial score (nSPS) is 17.4. The number of aliphatic imine (C=N–C) groups is 1. The second-order valence-electron chi connectivity index (χ2n) is 7.05. The number of thiazole rings is 1. The largest absolute Gasteiger partial charge is 0.246 e. The van der Waals surface area contributed by atoms with Crippen LogP contribution in [-0.2, 0) is 0 Å². The zero-order valence-corrected chi connectivity index (χ0v) is 17.1. The van der Waals surface area contributed by atoms with Gasteiger partial charge in [-0.3, -0.25) is 0 Å². The van der Waals surface area contributed by atoms with Crippen LogP contribution in [0.3, 0.4) is 0 Å². The number of nitrogens with zero attached hydrogens (tertiary/aromatic N) is 2. The molecule has 0 radical (unpaired) electrons. The maximum atomic E-state index is 5.02. The van der Waals surface area contributed by atoms with Crippen LogP contribution in [-0.4, -0.2) is 10.7 Å². The van der Waals surface area contributed by atoms with Crippen molar-refractivity contribution in [3.05, 3.63) is 101 Å². The van der Waals surface area contributed by atoms with Gasteiger partial charge < -0.3 is 0 Å². The Morgan fingerprint density at radius 2 is 1.62 bits per heavy atom. The van der Waals surface area contributed by atoms with Gasteiger partial charge in [-0.1, -0.05) is 66.7 Å². The molecule has 0 spiro atoms. The third kappa shape index (κ3) is 2.87. The number of fused-ring (bicyclic) bond motifs is 5. The predicted molar refractivity (Wildman–Crippen MR) is 126 cm³/mol. The quantitative estimate of drug-likeness (QED) is 0.344. The first-order chi connectivity index (χ1) is 14.4. The van der Waals surface area contributed by atoms with E-state index in [1.54, 1.807) is 11.3 Å². The fraction of sp³-hybridized carbons (Fsp3) is 0.0400. The molecule has 6 rings (SSSR count). The highest BCUT2D eigenvalue weighted by Crippen LogP contribution is 2.47. The Morgan fingerprint density at radius 1 is 0.828 bits per heavy atom. The summed E-state index contributed by atoms with van der Waals surface area (Å²) in [6.45, 7) is 0. The molecule has 0 saturated carbocycles. The van der Waals surface area contributed by atoms with E-state index in [1.807, 2.05) is 17.8 Å². The summed E-state index contributed by atoms with van der Waals surface area (Å²) in [5.41, 5.74) is 8.03. The zero-order chi connectivity index (χ0) is 19.2. The van der Waals surface area contributed by atoms with Crippen LogP contribution in [0.5, 0.6) is 0 Å². The summed E-state index contributed by atoms with van der Waals surface area (Å²) in [5.74, 6) is 0. The molecule has 0 bridgehead atoms. The third-order valence-corrected chi connectivity index (χ3v) is 7.46. The molecule has 3 aromatic carbocycles. The molecule has 0 amide bonds. The maximum Gasteiger partial charge on any atom is 0.124 e. The molecule has 1 unspecified atom stereocenters. The Morgan fingerprint density at radius 3 is 2.45 bits per heavy atom. The van der Waals surface area contributed by atoms with Crippen molar-refractivity contribution >= 4 is 50.3 Å². The van der Waals surface area contributed by atoms with Crippen molar-refractivity contribution in [2.24, 2.45) is 4.99 Å². The monoisotopic (exact) mass is 408 g/mol. The second-order valence-corrected chi connectivity index (χ2v) is 9.06. The number of aromatic nitrogens is 1. The van der Waals surface area contributed by atoms with E-state index < -0.39 is 0 Å². The first-order valence-electron chi connectivity index (χ1n) is 9.54. The van der Waals surface area contributed by atoms with E-state index in [1.165, 1.54) is 21.4 Å². The van der Waals surface area contributed by atoms with Gasteiger partial charge >= 0.3 is 0 Å². The Bertz CT molecular complexity index is 1320. The van der Waals surface area contributed by atoms with Gasteiger partial charge in [0.1, 0.15) is 5.01 Å². The molecular formula is C25H16N2S2. The summed E-state index contributed by atoms with van der Waals surface area (Å²) in [7, 11) is 0. The van der Waals surface area contributed by atoms with Crippen molar-refractivity contribution in [1.82, 2.24) is 4.98 Å². The average molecular weight is 409 g/mol. The minimum Gasteiger partial charge on any atom is -0.246 e. The summed E-state index contributed by atoms with van der Waals surface area (Å²) >= 11 is 3.57. The topological polar surface area (TPSA) is 25.2 Å². The van der Waals surface area contributed by atoms with Crippen LogP contribution in [0.4, 0.5) is 5.69 Å². The second kappa shape index (κ2) is 6.83. The van der Waals surface area contributed by atoms with Gasteiger partial charge in [0.2, 0.25) is 0 Å². The van der Waals surface area contributed by atoms with Crippen molar-refractivity contribution in [3.63, 3.8) is 0 Å². The third-order valence-electron chi connectivity index (χ3n) is 5.24. The standard InChI is InChI=1S/C25H16N2S2/c1-3-7-16(8-4-1)22-14-13-20-19(15-28-22)18-11-12-21-24(23(18)26-20)29-25(27-21)17-9-5-2-6-10-17/h1-15,22H. The minimum absolute atomic E-state index is 0.317. The van der Waals surface area contributed by atoms with E-state index in [0.29, 0.717) is 5.25 Å². The first-order valence-corrected chi connectivity index (χ1v) is 11.3. The van der Waals surface area contributed by atoms with Gasteiger partial charge in [-0.25, -0.2) is 9.98 Å². The molecule has 1 aromatic heterocycles. The van der Waals surface area contributed by atoms with E-state index in [0.717, 1.165) is 27.5 Å². The molecule has 1 atom stereocenters. The maximum absolute atomic E-state index is 5.02. The molecule has 3 heterocycles. The summed E-state index contributed by atoms with van der Waals surface area (Å²) in [6.07, 6.45) is 4.43. The van der Waals surface area contributed by atoms with Gasteiger partial charge in [-0.2, -0.15) is 0 Å².